The standard InChI is InChI=1S/C15H19N2/c1-17(2,15-6-4-3-5-7-15)12-13-8-10-14(16)11-9-13/h3-11H,12,16H2,1-2H3/q+1. The molecule has 88 valence electrons. The van der Waals surface area contributed by atoms with Crippen molar-refractivity contribution in [3.05, 3.63) is 60.2 Å². The molecular weight excluding hydrogens is 208 g/mol. The van der Waals surface area contributed by atoms with Crippen LogP contribution in [0, 0.1) is 0 Å². The van der Waals surface area contributed by atoms with Crippen molar-refractivity contribution in [2.24, 2.45) is 0 Å². The molecule has 0 bridgehead atoms. The molecule has 2 aromatic rings. The molecule has 0 fully saturated rings. The average molecular weight is 227 g/mol. The van der Waals surface area contributed by atoms with Gasteiger partial charge in [-0.2, -0.15) is 0 Å². The van der Waals surface area contributed by atoms with E-state index < -0.39 is 0 Å². The maximum Gasteiger partial charge on any atom is 0.132 e. The van der Waals surface area contributed by atoms with Crippen molar-refractivity contribution in [2.45, 2.75) is 6.54 Å². The Morgan fingerprint density at radius 2 is 1.47 bits per heavy atom. The molecule has 0 heterocycles. The third-order valence-electron chi connectivity index (χ3n) is 3.01. The van der Waals surface area contributed by atoms with Gasteiger partial charge in [0, 0.05) is 11.3 Å². The summed E-state index contributed by atoms with van der Waals surface area (Å²) in [6, 6.07) is 18.6. The minimum atomic E-state index is 0.818. The summed E-state index contributed by atoms with van der Waals surface area (Å²) in [6.07, 6.45) is 0. The van der Waals surface area contributed by atoms with Gasteiger partial charge in [-0.1, -0.05) is 30.3 Å². The number of hydrogen-bond donors (Lipinski definition) is 1. The second-order valence-corrected chi connectivity index (χ2v) is 4.92. The molecular formula is C15H19N2+. The molecule has 0 atom stereocenters. The monoisotopic (exact) mass is 227 g/mol. The Hall–Kier alpha value is -1.80. The summed E-state index contributed by atoms with van der Waals surface area (Å²) >= 11 is 0. The van der Waals surface area contributed by atoms with Crippen molar-refractivity contribution >= 4 is 11.4 Å². The molecule has 0 aliphatic heterocycles. The van der Waals surface area contributed by atoms with Gasteiger partial charge < -0.3 is 5.73 Å². The highest BCUT2D eigenvalue weighted by Gasteiger charge is 2.18. The lowest BCUT2D eigenvalue weighted by Gasteiger charge is -2.29. The molecule has 2 N–H and O–H groups in total. The van der Waals surface area contributed by atoms with Gasteiger partial charge in [0.25, 0.3) is 0 Å². The van der Waals surface area contributed by atoms with Crippen LogP contribution in [-0.2, 0) is 6.54 Å². The Kier molecular flexibility index (Phi) is 3.16. The number of hydrogen-bond acceptors (Lipinski definition) is 1. The van der Waals surface area contributed by atoms with Gasteiger partial charge in [-0.05, 0) is 24.3 Å². The summed E-state index contributed by atoms with van der Waals surface area (Å²) in [6.45, 7) is 0.963. The predicted molar refractivity (Wildman–Crippen MR) is 74.6 cm³/mol. The van der Waals surface area contributed by atoms with E-state index in [4.69, 9.17) is 5.73 Å². The first-order chi connectivity index (χ1) is 8.08. The lowest BCUT2D eigenvalue weighted by molar-refractivity contribution is 0.392. The van der Waals surface area contributed by atoms with Crippen molar-refractivity contribution in [3.63, 3.8) is 0 Å². The summed E-state index contributed by atoms with van der Waals surface area (Å²) in [5.74, 6) is 0. The number of rotatable bonds is 3. The SMILES string of the molecule is C[N+](C)(Cc1ccc(N)cc1)c1ccccc1. The summed E-state index contributed by atoms with van der Waals surface area (Å²) in [5.41, 5.74) is 9.12. The normalized spacial score (nSPS) is 11.4. The zero-order valence-electron chi connectivity index (χ0n) is 10.4. The summed E-state index contributed by atoms with van der Waals surface area (Å²) < 4.78 is 0.838. The van der Waals surface area contributed by atoms with E-state index in [2.05, 4.69) is 50.5 Å². The molecule has 0 spiro atoms. The minimum Gasteiger partial charge on any atom is -0.399 e. The topological polar surface area (TPSA) is 26.0 Å². The molecule has 0 radical (unpaired) electrons. The first-order valence-electron chi connectivity index (χ1n) is 5.81. The van der Waals surface area contributed by atoms with Gasteiger partial charge in [-0.15, -0.1) is 0 Å². The first-order valence-corrected chi connectivity index (χ1v) is 5.81. The third-order valence-corrected chi connectivity index (χ3v) is 3.01. The minimum absolute atomic E-state index is 0.818. The highest BCUT2D eigenvalue weighted by atomic mass is 15.3. The Morgan fingerprint density at radius 1 is 0.882 bits per heavy atom. The maximum atomic E-state index is 5.70. The van der Waals surface area contributed by atoms with E-state index in [1.807, 2.05) is 18.2 Å². The van der Waals surface area contributed by atoms with Crippen molar-refractivity contribution in [2.75, 3.05) is 19.8 Å². The van der Waals surface area contributed by atoms with E-state index in [1.54, 1.807) is 0 Å². The molecule has 0 aliphatic rings. The third kappa shape index (κ3) is 2.86. The lowest BCUT2D eigenvalue weighted by Crippen LogP contribution is -2.39. The van der Waals surface area contributed by atoms with Gasteiger partial charge in [-0.3, -0.25) is 4.48 Å². The van der Waals surface area contributed by atoms with Crippen molar-refractivity contribution in [3.8, 4) is 0 Å². The molecule has 2 heteroatoms. The fraction of sp³-hybridized carbons (Fsp3) is 0.200. The smallest absolute Gasteiger partial charge is 0.132 e. The van der Waals surface area contributed by atoms with E-state index in [0.717, 1.165) is 16.7 Å². The summed E-state index contributed by atoms with van der Waals surface area (Å²) in [4.78, 5) is 0. The van der Waals surface area contributed by atoms with Crippen LogP contribution in [0.5, 0.6) is 0 Å². The van der Waals surface area contributed by atoms with Gasteiger partial charge in [0.05, 0.1) is 14.1 Å². The second-order valence-electron chi connectivity index (χ2n) is 4.92. The fourth-order valence-electron chi connectivity index (χ4n) is 2.00. The number of nitrogen functional groups attached to an aromatic ring is 1. The van der Waals surface area contributed by atoms with Crippen LogP contribution in [0.15, 0.2) is 54.6 Å². The molecule has 0 saturated carbocycles. The van der Waals surface area contributed by atoms with Gasteiger partial charge in [0.2, 0.25) is 0 Å². The van der Waals surface area contributed by atoms with E-state index in [1.165, 1.54) is 11.3 Å². The van der Waals surface area contributed by atoms with Crippen molar-refractivity contribution in [1.29, 1.82) is 0 Å². The zero-order chi connectivity index (χ0) is 12.3. The highest BCUT2D eigenvalue weighted by molar-refractivity contribution is 5.43. The molecule has 2 aromatic carbocycles. The van der Waals surface area contributed by atoms with E-state index >= 15 is 0 Å². The van der Waals surface area contributed by atoms with Crippen molar-refractivity contribution in [1.82, 2.24) is 4.48 Å². The van der Waals surface area contributed by atoms with E-state index in [0.29, 0.717) is 0 Å². The number of benzene rings is 2. The van der Waals surface area contributed by atoms with Crippen LogP contribution in [0.3, 0.4) is 0 Å². The van der Waals surface area contributed by atoms with Gasteiger partial charge in [-0.25, -0.2) is 0 Å². The fourth-order valence-corrected chi connectivity index (χ4v) is 2.00. The van der Waals surface area contributed by atoms with Gasteiger partial charge >= 0.3 is 0 Å². The van der Waals surface area contributed by atoms with Crippen LogP contribution in [0.4, 0.5) is 11.4 Å². The number of nitrogens with zero attached hydrogens (tertiary/aromatic N) is 1. The summed E-state index contributed by atoms with van der Waals surface area (Å²) in [5, 5.41) is 0. The Labute approximate surface area is 103 Å². The molecule has 17 heavy (non-hydrogen) atoms. The lowest BCUT2D eigenvalue weighted by atomic mass is 10.1. The van der Waals surface area contributed by atoms with Gasteiger partial charge in [0.1, 0.15) is 12.2 Å². The number of nitrogens with two attached hydrogens (primary N) is 1. The second kappa shape index (κ2) is 4.60. The largest absolute Gasteiger partial charge is 0.399 e. The zero-order valence-corrected chi connectivity index (χ0v) is 10.4. The van der Waals surface area contributed by atoms with Crippen LogP contribution in [0.25, 0.3) is 0 Å². The van der Waals surface area contributed by atoms with Crippen molar-refractivity contribution < 1.29 is 0 Å². The van der Waals surface area contributed by atoms with Crippen LogP contribution < -0.4 is 10.2 Å². The first kappa shape index (κ1) is 11.7. The quantitative estimate of drug-likeness (QED) is 0.633. The number of anilines is 1. The molecule has 0 aliphatic carbocycles. The van der Waals surface area contributed by atoms with Gasteiger partial charge in [0.15, 0.2) is 0 Å². The predicted octanol–water partition coefficient (Wildman–Crippen LogP) is 3.04. The number of para-hydroxylation sites is 1. The van der Waals surface area contributed by atoms with E-state index in [-0.39, 0.29) is 0 Å². The Bertz CT molecular complexity index is 472. The number of quaternary nitrogens is 1. The van der Waals surface area contributed by atoms with Crippen LogP contribution >= 0.6 is 0 Å². The van der Waals surface area contributed by atoms with Crippen LogP contribution in [0.1, 0.15) is 5.56 Å². The Balaban J connectivity index is 2.20. The molecule has 0 amide bonds. The molecule has 0 aromatic heterocycles. The molecule has 0 unspecified atom stereocenters. The van der Waals surface area contributed by atoms with Crippen LogP contribution in [-0.4, -0.2) is 14.1 Å². The molecule has 2 rings (SSSR count). The molecule has 0 saturated heterocycles. The van der Waals surface area contributed by atoms with Crippen LogP contribution in [0.2, 0.25) is 0 Å². The maximum absolute atomic E-state index is 5.70. The Morgan fingerprint density at radius 3 is 2.06 bits per heavy atom. The molecule has 2 nitrogen and oxygen atoms in total. The average Bonchev–Trinajstić information content (AvgIpc) is 2.33. The van der Waals surface area contributed by atoms with E-state index in [9.17, 15) is 0 Å². The summed E-state index contributed by atoms with van der Waals surface area (Å²) in [7, 11) is 4.43. The highest BCUT2D eigenvalue weighted by Crippen LogP contribution is 2.21.